The molecule has 0 amide bonds. The van der Waals surface area contributed by atoms with Crippen molar-refractivity contribution in [3.63, 3.8) is 0 Å². The second-order valence-electron chi connectivity index (χ2n) is 6.95. The van der Waals surface area contributed by atoms with Gasteiger partial charge < -0.3 is 14.1 Å². The van der Waals surface area contributed by atoms with Crippen LogP contribution >= 0.6 is 0 Å². The molecule has 1 aromatic heterocycles. The first-order valence-corrected chi connectivity index (χ1v) is 9.35. The Bertz CT molecular complexity index is 898. The molecule has 2 heterocycles. The molecule has 0 radical (unpaired) electrons. The lowest BCUT2D eigenvalue weighted by Crippen LogP contribution is -2.46. The van der Waals surface area contributed by atoms with Gasteiger partial charge >= 0.3 is 0 Å². The molecule has 0 N–H and O–H groups in total. The van der Waals surface area contributed by atoms with Crippen LogP contribution in [-0.2, 0) is 6.54 Å². The number of ether oxygens (including phenoxy) is 1. The highest BCUT2D eigenvalue weighted by Crippen LogP contribution is 2.28. The standard InChI is InChI=1S/C22H25N3O2/c1-17-6-5-7-18(14-17)22-23-19(16-27-22)15-24-10-12-25(13-11-24)20-8-3-4-9-21(20)26-2/h3-9,14,16H,10-13,15H2,1-2H3. The zero-order valence-electron chi connectivity index (χ0n) is 15.9. The normalized spacial score (nSPS) is 15.1. The molecule has 3 aromatic rings. The third-order valence-electron chi connectivity index (χ3n) is 5.00. The summed E-state index contributed by atoms with van der Waals surface area (Å²) in [5.41, 5.74) is 4.39. The van der Waals surface area contributed by atoms with Crippen LogP contribution in [0.4, 0.5) is 5.69 Å². The first kappa shape index (κ1) is 17.6. The average molecular weight is 363 g/mol. The van der Waals surface area contributed by atoms with E-state index in [1.807, 2.05) is 24.3 Å². The summed E-state index contributed by atoms with van der Waals surface area (Å²) in [4.78, 5) is 9.48. The van der Waals surface area contributed by atoms with Crippen molar-refractivity contribution >= 4 is 5.69 Å². The molecule has 0 saturated carbocycles. The minimum absolute atomic E-state index is 0.696. The smallest absolute Gasteiger partial charge is 0.226 e. The van der Waals surface area contributed by atoms with Crippen LogP contribution in [0.5, 0.6) is 5.75 Å². The van der Waals surface area contributed by atoms with Crippen LogP contribution in [0.25, 0.3) is 11.5 Å². The van der Waals surface area contributed by atoms with Crippen molar-refractivity contribution in [3.8, 4) is 17.2 Å². The number of hydrogen-bond donors (Lipinski definition) is 0. The first-order chi connectivity index (χ1) is 13.2. The van der Waals surface area contributed by atoms with Gasteiger partial charge in [0.2, 0.25) is 5.89 Å². The fourth-order valence-corrected chi connectivity index (χ4v) is 3.56. The van der Waals surface area contributed by atoms with E-state index < -0.39 is 0 Å². The van der Waals surface area contributed by atoms with Gasteiger partial charge in [-0.2, -0.15) is 0 Å². The van der Waals surface area contributed by atoms with E-state index in [4.69, 9.17) is 9.15 Å². The van der Waals surface area contributed by atoms with Gasteiger partial charge in [-0.25, -0.2) is 4.98 Å². The van der Waals surface area contributed by atoms with Crippen LogP contribution in [0.2, 0.25) is 0 Å². The Morgan fingerprint density at radius 2 is 1.85 bits per heavy atom. The maximum absolute atomic E-state index is 5.70. The molecule has 140 valence electrons. The van der Waals surface area contributed by atoms with Crippen LogP contribution in [0, 0.1) is 6.92 Å². The van der Waals surface area contributed by atoms with E-state index in [-0.39, 0.29) is 0 Å². The maximum Gasteiger partial charge on any atom is 0.226 e. The molecular formula is C22H25N3O2. The Balaban J connectivity index is 1.37. The predicted molar refractivity (Wildman–Crippen MR) is 107 cm³/mol. The van der Waals surface area contributed by atoms with E-state index >= 15 is 0 Å². The van der Waals surface area contributed by atoms with Crippen LogP contribution in [0.15, 0.2) is 59.2 Å². The lowest BCUT2D eigenvalue weighted by molar-refractivity contribution is 0.246. The topological polar surface area (TPSA) is 41.7 Å². The van der Waals surface area contributed by atoms with Gasteiger partial charge in [-0.15, -0.1) is 0 Å². The fourth-order valence-electron chi connectivity index (χ4n) is 3.56. The van der Waals surface area contributed by atoms with Crippen molar-refractivity contribution in [2.24, 2.45) is 0 Å². The van der Waals surface area contributed by atoms with Gasteiger partial charge in [0.25, 0.3) is 0 Å². The number of anilines is 1. The fraction of sp³-hybridized carbons (Fsp3) is 0.318. The Labute approximate surface area is 160 Å². The zero-order valence-corrected chi connectivity index (χ0v) is 15.9. The summed E-state index contributed by atoms with van der Waals surface area (Å²) in [5, 5.41) is 0. The molecule has 2 aromatic carbocycles. The van der Waals surface area contributed by atoms with E-state index in [2.05, 4.69) is 46.0 Å². The van der Waals surface area contributed by atoms with Gasteiger partial charge in [-0.05, 0) is 31.2 Å². The Hall–Kier alpha value is -2.79. The van der Waals surface area contributed by atoms with Gasteiger partial charge in [0, 0.05) is 38.3 Å². The quantitative estimate of drug-likeness (QED) is 0.686. The van der Waals surface area contributed by atoms with E-state index in [9.17, 15) is 0 Å². The number of para-hydroxylation sites is 2. The summed E-state index contributed by atoms with van der Waals surface area (Å²) < 4.78 is 11.2. The molecule has 0 atom stereocenters. The van der Waals surface area contributed by atoms with Gasteiger partial charge in [0.1, 0.15) is 12.0 Å². The summed E-state index contributed by atoms with van der Waals surface area (Å²) in [5.74, 6) is 1.63. The van der Waals surface area contributed by atoms with Crippen molar-refractivity contribution in [2.75, 3.05) is 38.2 Å². The summed E-state index contributed by atoms with van der Waals surface area (Å²) in [6, 6.07) is 16.5. The number of aryl methyl sites for hydroxylation is 1. The Morgan fingerprint density at radius 3 is 2.63 bits per heavy atom. The van der Waals surface area contributed by atoms with Crippen LogP contribution in [0.1, 0.15) is 11.3 Å². The van der Waals surface area contributed by atoms with Crippen molar-refractivity contribution in [3.05, 3.63) is 66.1 Å². The average Bonchev–Trinajstić information content (AvgIpc) is 3.17. The molecule has 0 spiro atoms. The van der Waals surface area contributed by atoms with Crippen LogP contribution in [0.3, 0.4) is 0 Å². The second-order valence-corrected chi connectivity index (χ2v) is 6.95. The molecule has 1 fully saturated rings. The minimum atomic E-state index is 0.696. The number of benzene rings is 2. The summed E-state index contributed by atoms with van der Waals surface area (Å²) >= 11 is 0. The number of methoxy groups -OCH3 is 1. The van der Waals surface area contributed by atoms with E-state index in [0.29, 0.717) is 5.89 Å². The third-order valence-corrected chi connectivity index (χ3v) is 5.00. The van der Waals surface area contributed by atoms with E-state index in [1.165, 1.54) is 11.3 Å². The van der Waals surface area contributed by atoms with Gasteiger partial charge in [0.15, 0.2) is 0 Å². The highest BCUT2D eigenvalue weighted by atomic mass is 16.5. The lowest BCUT2D eigenvalue weighted by atomic mass is 10.1. The molecule has 0 bridgehead atoms. The largest absolute Gasteiger partial charge is 0.495 e. The van der Waals surface area contributed by atoms with E-state index in [0.717, 1.165) is 49.7 Å². The molecule has 5 heteroatoms. The number of oxazole rings is 1. The Morgan fingerprint density at radius 1 is 1.04 bits per heavy atom. The molecule has 27 heavy (non-hydrogen) atoms. The van der Waals surface area contributed by atoms with Crippen LogP contribution in [-0.4, -0.2) is 43.2 Å². The second kappa shape index (κ2) is 7.84. The van der Waals surface area contributed by atoms with Crippen LogP contribution < -0.4 is 9.64 Å². The molecular weight excluding hydrogens is 338 g/mol. The number of hydrogen-bond acceptors (Lipinski definition) is 5. The van der Waals surface area contributed by atoms with Gasteiger partial charge in [-0.3, -0.25) is 4.90 Å². The van der Waals surface area contributed by atoms with Crippen molar-refractivity contribution in [1.82, 2.24) is 9.88 Å². The highest BCUT2D eigenvalue weighted by molar-refractivity contribution is 5.58. The number of piperazine rings is 1. The number of aromatic nitrogens is 1. The number of nitrogens with zero attached hydrogens (tertiary/aromatic N) is 3. The highest BCUT2D eigenvalue weighted by Gasteiger charge is 2.20. The summed E-state index contributed by atoms with van der Waals surface area (Å²) in [7, 11) is 1.73. The molecule has 1 aliphatic heterocycles. The van der Waals surface area contributed by atoms with Gasteiger partial charge in [0.05, 0.1) is 18.5 Å². The van der Waals surface area contributed by atoms with Crippen molar-refractivity contribution in [1.29, 1.82) is 0 Å². The SMILES string of the molecule is COc1ccccc1N1CCN(Cc2coc(-c3cccc(C)c3)n2)CC1. The Kier molecular flexibility index (Phi) is 5.12. The molecule has 5 nitrogen and oxygen atoms in total. The summed E-state index contributed by atoms with van der Waals surface area (Å²) in [6.07, 6.45) is 1.78. The first-order valence-electron chi connectivity index (χ1n) is 9.35. The lowest BCUT2D eigenvalue weighted by Gasteiger charge is -2.36. The molecule has 4 rings (SSSR count). The molecule has 1 saturated heterocycles. The zero-order chi connectivity index (χ0) is 18.6. The number of rotatable bonds is 5. The third kappa shape index (κ3) is 3.98. The molecule has 1 aliphatic rings. The minimum Gasteiger partial charge on any atom is -0.495 e. The van der Waals surface area contributed by atoms with Crippen molar-refractivity contribution in [2.45, 2.75) is 13.5 Å². The maximum atomic E-state index is 5.70. The molecule has 0 aliphatic carbocycles. The van der Waals surface area contributed by atoms with E-state index in [1.54, 1.807) is 13.4 Å². The van der Waals surface area contributed by atoms with Crippen molar-refractivity contribution < 1.29 is 9.15 Å². The summed E-state index contributed by atoms with van der Waals surface area (Å²) in [6.45, 7) is 6.82. The molecule has 0 unspecified atom stereocenters. The van der Waals surface area contributed by atoms with Gasteiger partial charge in [-0.1, -0.05) is 29.8 Å². The monoisotopic (exact) mass is 363 g/mol. The predicted octanol–water partition coefficient (Wildman–Crippen LogP) is 3.98.